The van der Waals surface area contributed by atoms with Crippen LogP contribution in [0.2, 0.25) is 5.02 Å². The zero-order valence-corrected chi connectivity index (χ0v) is 19.1. The molecule has 0 saturated carbocycles. The number of carbonyl (C=O) groups excluding carboxylic acids is 2. The van der Waals surface area contributed by atoms with Gasteiger partial charge in [0.1, 0.15) is 0 Å². The molecule has 1 N–H and O–H groups in total. The average molecular weight is 461 g/mol. The lowest BCUT2D eigenvalue weighted by Crippen LogP contribution is -2.59. The standard InChI is InChI=1S/C26H25ClN4O2/c1-30(20-15-31(16-20)19-10-12-28-13-11-19)26(33)18-7-6-17-8-9-24(22(17)14-18)29-25(32)21-4-2-3-5-23(21)27/h2-7,10-14,20,24H,8-9,15-16H2,1H3,(H,29,32). The van der Waals surface area contributed by atoms with Crippen molar-refractivity contribution in [1.29, 1.82) is 0 Å². The van der Waals surface area contributed by atoms with Gasteiger partial charge in [-0.3, -0.25) is 14.6 Å². The van der Waals surface area contributed by atoms with Crippen LogP contribution in [0.3, 0.4) is 0 Å². The van der Waals surface area contributed by atoms with Gasteiger partial charge in [-0.05, 0) is 60.4 Å². The van der Waals surface area contributed by atoms with Gasteiger partial charge in [-0.15, -0.1) is 0 Å². The summed E-state index contributed by atoms with van der Waals surface area (Å²) in [6.45, 7) is 1.60. The topological polar surface area (TPSA) is 65.5 Å². The van der Waals surface area contributed by atoms with Gasteiger partial charge in [-0.2, -0.15) is 0 Å². The summed E-state index contributed by atoms with van der Waals surface area (Å²) in [7, 11) is 1.86. The van der Waals surface area contributed by atoms with Crippen molar-refractivity contribution in [2.45, 2.75) is 24.9 Å². The first-order chi connectivity index (χ1) is 16.0. The fourth-order valence-electron chi connectivity index (χ4n) is 4.60. The van der Waals surface area contributed by atoms with E-state index >= 15 is 0 Å². The zero-order valence-electron chi connectivity index (χ0n) is 18.4. The molecule has 7 heteroatoms. The molecule has 1 atom stereocenters. The summed E-state index contributed by atoms with van der Waals surface area (Å²) in [5, 5.41) is 3.53. The van der Waals surface area contributed by atoms with Gasteiger partial charge in [0.15, 0.2) is 0 Å². The van der Waals surface area contributed by atoms with Crippen molar-refractivity contribution < 1.29 is 9.59 Å². The van der Waals surface area contributed by atoms with E-state index in [-0.39, 0.29) is 23.9 Å². The van der Waals surface area contributed by atoms with Gasteiger partial charge >= 0.3 is 0 Å². The quantitative estimate of drug-likeness (QED) is 0.622. The molecule has 1 aliphatic carbocycles. The van der Waals surface area contributed by atoms with Crippen LogP contribution in [0, 0.1) is 0 Å². The number of anilines is 1. The highest BCUT2D eigenvalue weighted by atomic mass is 35.5. The highest BCUT2D eigenvalue weighted by molar-refractivity contribution is 6.33. The number of pyridine rings is 1. The number of likely N-dealkylation sites (N-methyl/N-ethyl adjacent to an activating group) is 1. The van der Waals surface area contributed by atoms with E-state index < -0.39 is 0 Å². The van der Waals surface area contributed by atoms with E-state index in [1.54, 1.807) is 36.7 Å². The maximum Gasteiger partial charge on any atom is 0.253 e. The number of amides is 2. The number of hydrogen-bond donors (Lipinski definition) is 1. The van der Waals surface area contributed by atoms with Crippen LogP contribution in [-0.2, 0) is 6.42 Å². The molecule has 33 heavy (non-hydrogen) atoms. The molecule has 0 bridgehead atoms. The van der Waals surface area contributed by atoms with Gasteiger partial charge in [0.05, 0.1) is 22.7 Å². The molecule has 0 spiro atoms. The van der Waals surface area contributed by atoms with Gasteiger partial charge < -0.3 is 15.1 Å². The van der Waals surface area contributed by atoms with E-state index in [0.717, 1.165) is 37.2 Å². The Kier molecular flexibility index (Phi) is 5.77. The molecular weight excluding hydrogens is 436 g/mol. The van der Waals surface area contributed by atoms with Gasteiger partial charge in [-0.25, -0.2) is 0 Å². The predicted octanol–water partition coefficient (Wildman–Crippen LogP) is 4.11. The minimum Gasteiger partial charge on any atom is -0.367 e. The number of hydrogen-bond acceptors (Lipinski definition) is 4. The Balaban J connectivity index is 1.27. The number of aromatic nitrogens is 1. The van der Waals surface area contributed by atoms with Crippen molar-refractivity contribution in [3.63, 3.8) is 0 Å². The maximum atomic E-state index is 13.2. The molecule has 1 aliphatic heterocycles. The molecule has 2 aliphatic rings. The lowest BCUT2D eigenvalue weighted by Gasteiger charge is -2.45. The van der Waals surface area contributed by atoms with E-state index in [1.165, 1.54) is 5.56 Å². The highest BCUT2D eigenvalue weighted by Crippen LogP contribution is 2.33. The van der Waals surface area contributed by atoms with Crippen LogP contribution < -0.4 is 10.2 Å². The molecule has 1 unspecified atom stereocenters. The Morgan fingerprint density at radius 3 is 2.61 bits per heavy atom. The van der Waals surface area contributed by atoms with Gasteiger partial charge in [0, 0.05) is 43.8 Å². The van der Waals surface area contributed by atoms with Crippen molar-refractivity contribution in [2.75, 3.05) is 25.0 Å². The maximum absolute atomic E-state index is 13.2. The second-order valence-corrected chi connectivity index (χ2v) is 9.05. The van der Waals surface area contributed by atoms with Crippen LogP contribution in [0.15, 0.2) is 67.0 Å². The van der Waals surface area contributed by atoms with Crippen molar-refractivity contribution in [3.8, 4) is 0 Å². The van der Waals surface area contributed by atoms with Crippen LogP contribution in [0.25, 0.3) is 0 Å². The summed E-state index contributed by atoms with van der Waals surface area (Å²) >= 11 is 6.19. The summed E-state index contributed by atoms with van der Waals surface area (Å²) in [4.78, 5) is 34.1. The largest absolute Gasteiger partial charge is 0.367 e. The van der Waals surface area contributed by atoms with Crippen LogP contribution in [-0.4, -0.2) is 47.9 Å². The molecule has 2 amide bonds. The van der Waals surface area contributed by atoms with Crippen LogP contribution in [0.1, 0.15) is 44.3 Å². The van der Waals surface area contributed by atoms with Crippen molar-refractivity contribution in [2.24, 2.45) is 0 Å². The number of benzene rings is 2. The third-order valence-corrected chi connectivity index (χ3v) is 6.98. The van der Waals surface area contributed by atoms with E-state index in [9.17, 15) is 9.59 Å². The molecule has 1 fully saturated rings. The minimum atomic E-state index is -0.196. The fraction of sp³-hybridized carbons (Fsp3) is 0.269. The van der Waals surface area contributed by atoms with Gasteiger partial charge in [0.25, 0.3) is 11.8 Å². The Bertz CT molecular complexity index is 1190. The number of aryl methyl sites for hydroxylation is 1. The highest BCUT2D eigenvalue weighted by Gasteiger charge is 2.33. The number of halogens is 1. The summed E-state index contributed by atoms with van der Waals surface area (Å²) in [6, 6.07) is 16.9. The lowest BCUT2D eigenvalue weighted by atomic mass is 10.0. The Morgan fingerprint density at radius 2 is 1.85 bits per heavy atom. The summed E-state index contributed by atoms with van der Waals surface area (Å²) in [5.41, 5.74) is 4.42. The number of nitrogens with one attached hydrogen (secondary N) is 1. The van der Waals surface area contributed by atoms with E-state index in [1.807, 2.05) is 42.3 Å². The first-order valence-corrected chi connectivity index (χ1v) is 11.5. The predicted molar refractivity (Wildman–Crippen MR) is 129 cm³/mol. The minimum absolute atomic E-state index is 0.000240. The molecule has 5 rings (SSSR count). The Hall–Kier alpha value is -3.38. The monoisotopic (exact) mass is 460 g/mol. The molecule has 0 radical (unpaired) electrons. The van der Waals surface area contributed by atoms with E-state index in [4.69, 9.17) is 11.6 Å². The smallest absolute Gasteiger partial charge is 0.253 e. The summed E-state index contributed by atoms with van der Waals surface area (Å²) in [5.74, 6) is -0.196. The normalized spacial score (nSPS) is 17.3. The molecular formula is C26H25ClN4O2. The zero-order chi connectivity index (χ0) is 22.9. The first-order valence-electron chi connectivity index (χ1n) is 11.1. The number of carbonyl (C=O) groups is 2. The van der Waals surface area contributed by atoms with Crippen molar-refractivity contribution >= 4 is 29.1 Å². The number of nitrogens with zero attached hydrogens (tertiary/aromatic N) is 3. The number of rotatable bonds is 5. The summed E-state index contributed by atoms with van der Waals surface area (Å²) in [6.07, 6.45) is 5.24. The third-order valence-electron chi connectivity index (χ3n) is 6.65. The third kappa shape index (κ3) is 4.18. The Labute approximate surface area is 198 Å². The fourth-order valence-corrected chi connectivity index (χ4v) is 4.82. The van der Waals surface area contributed by atoms with Crippen molar-refractivity contribution in [3.05, 3.63) is 94.3 Å². The Morgan fingerprint density at radius 1 is 1.09 bits per heavy atom. The molecule has 1 saturated heterocycles. The van der Waals surface area contributed by atoms with Crippen molar-refractivity contribution in [1.82, 2.24) is 15.2 Å². The average Bonchev–Trinajstić information content (AvgIpc) is 3.20. The van der Waals surface area contributed by atoms with Crippen LogP contribution in [0.4, 0.5) is 5.69 Å². The van der Waals surface area contributed by atoms with E-state index in [0.29, 0.717) is 16.1 Å². The number of fused-ring (bicyclic) bond motifs is 1. The first kappa shape index (κ1) is 21.5. The van der Waals surface area contributed by atoms with Gasteiger partial charge in [0.2, 0.25) is 0 Å². The van der Waals surface area contributed by atoms with Crippen LogP contribution >= 0.6 is 11.6 Å². The molecule has 2 heterocycles. The van der Waals surface area contributed by atoms with Gasteiger partial charge in [-0.1, -0.05) is 29.8 Å². The molecule has 168 valence electrons. The molecule has 3 aromatic rings. The van der Waals surface area contributed by atoms with E-state index in [2.05, 4.69) is 15.2 Å². The summed E-state index contributed by atoms with van der Waals surface area (Å²) < 4.78 is 0. The second-order valence-electron chi connectivity index (χ2n) is 8.64. The second kappa shape index (κ2) is 8.87. The lowest BCUT2D eigenvalue weighted by molar-refractivity contribution is 0.0705. The SMILES string of the molecule is CN(C(=O)c1ccc2c(c1)C(NC(=O)c1ccccc1Cl)CC2)C1CN(c2ccncc2)C1. The molecule has 6 nitrogen and oxygen atoms in total. The molecule has 2 aromatic carbocycles. The van der Waals surface area contributed by atoms with Crippen LogP contribution in [0.5, 0.6) is 0 Å². The molecule has 1 aromatic heterocycles.